The van der Waals surface area contributed by atoms with Gasteiger partial charge in [0.05, 0.1) is 16.6 Å². The van der Waals surface area contributed by atoms with Gasteiger partial charge in [0.1, 0.15) is 0 Å². The van der Waals surface area contributed by atoms with Gasteiger partial charge in [-0.3, -0.25) is 14.8 Å². The van der Waals surface area contributed by atoms with Crippen molar-refractivity contribution in [2.24, 2.45) is 0 Å². The van der Waals surface area contributed by atoms with Crippen molar-refractivity contribution in [3.63, 3.8) is 0 Å². The van der Waals surface area contributed by atoms with Crippen LogP contribution in [0.5, 0.6) is 0 Å². The van der Waals surface area contributed by atoms with Crippen LogP contribution < -0.4 is 0 Å². The lowest BCUT2D eigenvalue weighted by Gasteiger charge is -2.10. The highest BCUT2D eigenvalue weighted by Crippen LogP contribution is 2.17. The predicted molar refractivity (Wildman–Crippen MR) is 94.8 cm³/mol. The van der Waals surface area contributed by atoms with E-state index < -0.39 is 5.97 Å². The summed E-state index contributed by atoms with van der Waals surface area (Å²) >= 11 is 0. The molecule has 0 aliphatic rings. The average Bonchev–Trinajstić information content (AvgIpc) is 2.62. The van der Waals surface area contributed by atoms with Gasteiger partial charge in [0, 0.05) is 18.0 Å². The van der Waals surface area contributed by atoms with Crippen molar-refractivity contribution in [2.45, 2.75) is 20.8 Å². The second kappa shape index (κ2) is 6.81. The summed E-state index contributed by atoms with van der Waals surface area (Å²) in [4.78, 5) is 32.9. The van der Waals surface area contributed by atoms with Crippen molar-refractivity contribution in [3.8, 4) is 0 Å². The predicted octanol–water partition coefficient (Wildman–Crippen LogP) is 3.59. The molecule has 0 amide bonds. The molecule has 0 saturated heterocycles. The molecule has 1 heterocycles. The first kappa shape index (κ1) is 16.8. The van der Waals surface area contributed by atoms with Crippen LogP contribution in [0.4, 0.5) is 0 Å². The second-order valence-corrected chi connectivity index (χ2v) is 6.01. The fraction of sp³-hybridized carbons (Fsp3) is 0.200. The van der Waals surface area contributed by atoms with Gasteiger partial charge in [0.25, 0.3) is 0 Å². The summed E-state index contributed by atoms with van der Waals surface area (Å²) in [6.07, 6.45) is 3.15. The Bertz CT molecular complexity index is 980. The summed E-state index contributed by atoms with van der Waals surface area (Å²) in [6, 6.07) is 8.73. The van der Waals surface area contributed by atoms with Crippen LogP contribution in [0.3, 0.4) is 0 Å². The maximum absolute atomic E-state index is 12.4. The number of carbonyl (C=O) groups excluding carboxylic acids is 2. The lowest BCUT2D eigenvalue weighted by atomic mass is 9.98. The third-order valence-corrected chi connectivity index (χ3v) is 4.18. The minimum absolute atomic E-state index is 0.213. The highest BCUT2D eigenvalue weighted by Gasteiger charge is 2.15. The normalized spacial score (nSPS) is 10.7. The van der Waals surface area contributed by atoms with Crippen LogP contribution in [0.2, 0.25) is 0 Å². The molecule has 0 N–H and O–H groups in total. The molecule has 0 spiro atoms. The van der Waals surface area contributed by atoms with Gasteiger partial charge >= 0.3 is 5.97 Å². The number of nitrogens with zero attached hydrogens (tertiary/aromatic N) is 2. The van der Waals surface area contributed by atoms with E-state index in [1.54, 1.807) is 30.6 Å². The summed E-state index contributed by atoms with van der Waals surface area (Å²) in [5.41, 5.74) is 5.27. The Morgan fingerprint density at radius 3 is 2.32 bits per heavy atom. The third-order valence-electron chi connectivity index (χ3n) is 4.18. The summed E-state index contributed by atoms with van der Waals surface area (Å²) in [5.74, 6) is -0.767. The summed E-state index contributed by atoms with van der Waals surface area (Å²) in [5, 5.41) is 0. The van der Waals surface area contributed by atoms with Gasteiger partial charge in [-0.05, 0) is 61.7 Å². The Balaban J connectivity index is 1.73. The highest BCUT2D eigenvalue weighted by molar-refractivity contribution is 6.01. The van der Waals surface area contributed by atoms with E-state index in [0.29, 0.717) is 22.2 Å². The van der Waals surface area contributed by atoms with E-state index in [0.717, 1.165) is 16.7 Å². The zero-order valence-electron chi connectivity index (χ0n) is 14.4. The molecule has 126 valence electrons. The van der Waals surface area contributed by atoms with E-state index in [1.807, 2.05) is 32.9 Å². The van der Waals surface area contributed by atoms with Crippen LogP contribution in [0.1, 0.15) is 37.4 Å². The standard InChI is InChI=1S/C20H18N2O3/c1-12-8-14(3)16(9-13(12)2)19(23)11-25-20(24)15-4-5-17-18(10-15)22-7-6-21-17/h4-10H,11H2,1-3H3. The van der Waals surface area contributed by atoms with E-state index in [1.165, 1.54) is 0 Å². The molecule has 1 aromatic heterocycles. The highest BCUT2D eigenvalue weighted by atomic mass is 16.5. The average molecular weight is 334 g/mol. The molecule has 25 heavy (non-hydrogen) atoms. The van der Waals surface area contributed by atoms with Crippen LogP contribution >= 0.6 is 0 Å². The topological polar surface area (TPSA) is 69.2 Å². The van der Waals surface area contributed by atoms with Gasteiger partial charge in [-0.1, -0.05) is 6.07 Å². The number of ether oxygens (including phenoxy) is 1. The molecule has 0 saturated carbocycles. The Labute approximate surface area is 145 Å². The van der Waals surface area contributed by atoms with Gasteiger partial charge < -0.3 is 4.74 Å². The number of fused-ring (bicyclic) bond motifs is 1. The van der Waals surface area contributed by atoms with Crippen LogP contribution in [-0.2, 0) is 4.74 Å². The lowest BCUT2D eigenvalue weighted by molar-refractivity contribution is 0.0474. The maximum Gasteiger partial charge on any atom is 0.338 e. The monoisotopic (exact) mass is 334 g/mol. The van der Waals surface area contributed by atoms with E-state index in [-0.39, 0.29) is 12.4 Å². The molecule has 3 rings (SSSR count). The lowest BCUT2D eigenvalue weighted by Crippen LogP contribution is -2.15. The Kier molecular flexibility index (Phi) is 4.57. The molecule has 0 unspecified atom stereocenters. The molecule has 0 aliphatic heterocycles. The fourth-order valence-electron chi connectivity index (χ4n) is 2.64. The van der Waals surface area contributed by atoms with Crippen LogP contribution in [-0.4, -0.2) is 28.3 Å². The van der Waals surface area contributed by atoms with Crippen molar-refractivity contribution in [2.75, 3.05) is 6.61 Å². The minimum Gasteiger partial charge on any atom is -0.454 e. The van der Waals surface area contributed by atoms with E-state index in [2.05, 4.69) is 9.97 Å². The number of hydrogen-bond acceptors (Lipinski definition) is 5. The van der Waals surface area contributed by atoms with Crippen molar-refractivity contribution in [1.82, 2.24) is 9.97 Å². The molecule has 5 heteroatoms. The molecule has 0 bridgehead atoms. The molecule has 5 nitrogen and oxygen atoms in total. The fourth-order valence-corrected chi connectivity index (χ4v) is 2.64. The number of benzene rings is 2. The van der Waals surface area contributed by atoms with Crippen molar-refractivity contribution in [3.05, 3.63) is 70.5 Å². The first-order valence-electron chi connectivity index (χ1n) is 7.94. The third kappa shape index (κ3) is 3.55. The molecule has 0 fully saturated rings. The zero-order chi connectivity index (χ0) is 18.0. The number of aromatic nitrogens is 2. The number of rotatable bonds is 4. The molecule has 2 aromatic carbocycles. The van der Waals surface area contributed by atoms with Crippen LogP contribution in [0.25, 0.3) is 11.0 Å². The zero-order valence-corrected chi connectivity index (χ0v) is 14.4. The van der Waals surface area contributed by atoms with Crippen LogP contribution in [0, 0.1) is 20.8 Å². The molecular weight excluding hydrogens is 316 g/mol. The van der Waals surface area contributed by atoms with Gasteiger partial charge in [0.2, 0.25) is 5.78 Å². The second-order valence-electron chi connectivity index (χ2n) is 6.01. The van der Waals surface area contributed by atoms with Crippen molar-refractivity contribution < 1.29 is 14.3 Å². The molecule has 0 atom stereocenters. The molecule has 0 radical (unpaired) electrons. The first-order valence-corrected chi connectivity index (χ1v) is 7.94. The molecule has 3 aromatic rings. The molecular formula is C20H18N2O3. The number of hydrogen-bond donors (Lipinski definition) is 0. The Morgan fingerprint density at radius 2 is 1.56 bits per heavy atom. The van der Waals surface area contributed by atoms with Crippen molar-refractivity contribution in [1.29, 1.82) is 0 Å². The molecule has 0 aliphatic carbocycles. The number of Topliss-reactive ketones (excluding diaryl/α,β-unsaturated/α-hetero) is 1. The largest absolute Gasteiger partial charge is 0.454 e. The SMILES string of the molecule is Cc1cc(C)c(C(=O)COC(=O)c2ccc3nccnc3c2)cc1C. The van der Waals surface area contributed by atoms with Crippen LogP contribution in [0.15, 0.2) is 42.7 Å². The van der Waals surface area contributed by atoms with Gasteiger partial charge in [-0.25, -0.2) is 4.79 Å². The number of aryl methyl sites for hydroxylation is 3. The van der Waals surface area contributed by atoms with E-state index in [9.17, 15) is 9.59 Å². The summed E-state index contributed by atoms with van der Waals surface area (Å²) < 4.78 is 5.18. The number of carbonyl (C=O) groups is 2. The van der Waals surface area contributed by atoms with Gasteiger partial charge in [0.15, 0.2) is 6.61 Å². The first-order chi connectivity index (χ1) is 12.0. The minimum atomic E-state index is -0.553. The quantitative estimate of drug-likeness (QED) is 0.539. The maximum atomic E-state index is 12.4. The van der Waals surface area contributed by atoms with Gasteiger partial charge in [-0.2, -0.15) is 0 Å². The summed E-state index contributed by atoms with van der Waals surface area (Å²) in [7, 11) is 0. The smallest absolute Gasteiger partial charge is 0.338 e. The summed E-state index contributed by atoms with van der Waals surface area (Å²) in [6.45, 7) is 5.54. The van der Waals surface area contributed by atoms with E-state index >= 15 is 0 Å². The Morgan fingerprint density at radius 1 is 0.880 bits per heavy atom. The van der Waals surface area contributed by atoms with Gasteiger partial charge in [-0.15, -0.1) is 0 Å². The van der Waals surface area contributed by atoms with Crippen molar-refractivity contribution >= 4 is 22.8 Å². The number of ketones is 1. The number of esters is 1. The van der Waals surface area contributed by atoms with E-state index in [4.69, 9.17) is 4.74 Å². The Hall–Kier alpha value is -3.08.